The van der Waals surface area contributed by atoms with Crippen molar-refractivity contribution in [2.75, 3.05) is 11.7 Å². The fourth-order valence-corrected chi connectivity index (χ4v) is 2.80. The van der Waals surface area contributed by atoms with E-state index in [1.165, 1.54) is 21.8 Å². The summed E-state index contributed by atoms with van der Waals surface area (Å²) >= 11 is 0. The first kappa shape index (κ1) is 15.3. The minimum absolute atomic E-state index is 0.0483. The van der Waals surface area contributed by atoms with Crippen LogP contribution in [-0.2, 0) is 4.84 Å². The molecule has 1 fully saturated rings. The van der Waals surface area contributed by atoms with E-state index in [1.54, 1.807) is 12.3 Å². The second-order valence-corrected chi connectivity index (χ2v) is 5.45. The molecule has 4 heterocycles. The molecule has 3 aromatic rings. The highest BCUT2D eigenvalue weighted by Crippen LogP contribution is 2.37. The number of halogens is 1. The number of aromatic nitrogens is 4. The maximum absolute atomic E-state index is 13.5. The zero-order chi connectivity index (χ0) is 17.6. The number of fused-ring (bicyclic) bond motifs is 1. The highest BCUT2D eigenvalue weighted by atomic mass is 19.1. The molecule has 0 aromatic carbocycles. The molecule has 1 atom stereocenters. The Bertz CT molecular complexity index is 976. The van der Waals surface area contributed by atoms with E-state index in [-0.39, 0.29) is 22.7 Å². The van der Waals surface area contributed by atoms with E-state index in [9.17, 15) is 19.4 Å². The van der Waals surface area contributed by atoms with Crippen molar-refractivity contribution in [3.8, 4) is 5.88 Å². The number of carbonyl (C=O) groups is 1. The molecule has 25 heavy (non-hydrogen) atoms. The predicted molar refractivity (Wildman–Crippen MR) is 81.6 cm³/mol. The van der Waals surface area contributed by atoms with Gasteiger partial charge in [-0.2, -0.15) is 5.10 Å². The molecular weight excluding hydrogens is 333 g/mol. The van der Waals surface area contributed by atoms with Crippen LogP contribution in [0.2, 0.25) is 0 Å². The fraction of sp³-hybridized carbons (Fsp3) is 0.200. The topological polar surface area (TPSA) is 113 Å². The van der Waals surface area contributed by atoms with Crippen molar-refractivity contribution in [2.24, 2.45) is 0 Å². The lowest BCUT2D eigenvalue weighted by molar-refractivity contribution is 0.0698. The second kappa shape index (κ2) is 5.67. The molecule has 1 unspecified atom stereocenters. The van der Waals surface area contributed by atoms with Gasteiger partial charge in [-0.1, -0.05) is 0 Å². The van der Waals surface area contributed by atoms with Gasteiger partial charge in [0.05, 0.1) is 25.0 Å². The number of anilines is 1. The molecule has 2 N–H and O–H groups in total. The molecule has 1 aliphatic heterocycles. The van der Waals surface area contributed by atoms with Crippen LogP contribution in [0.1, 0.15) is 28.4 Å². The van der Waals surface area contributed by atoms with E-state index in [2.05, 4.69) is 15.1 Å². The highest BCUT2D eigenvalue weighted by Gasteiger charge is 2.32. The fourth-order valence-electron chi connectivity index (χ4n) is 2.80. The maximum atomic E-state index is 13.5. The number of aromatic carboxylic acids is 1. The Hall–Kier alpha value is -3.27. The molecule has 1 aliphatic rings. The summed E-state index contributed by atoms with van der Waals surface area (Å²) in [7, 11) is 0. The maximum Gasteiger partial charge on any atom is 0.341 e. The smallest absolute Gasteiger partial charge is 0.341 e. The first-order valence-electron chi connectivity index (χ1n) is 7.39. The summed E-state index contributed by atoms with van der Waals surface area (Å²) in [5, 5.41) is 24.5. The van der Waals surface area contributed by atoms with Gasteiger partial charge in [0.25, 0.3) is 0 Å². The summed E-state index contributed by atoms with van der Waals surface area (Å²) in [5.74, 6) is -1.70. The van der Waals surface area contributed by atoms with Crippen LogP contribution in [0.4, 0.5) is 10.2 Å². The number of nitrogens with zero attached hydrogens (tertiary/aromatic N) is 5. The number of hydroxylamine groups is 1. The summed E-state index contributed by atoms with van der Waals surface area (Å²) in [6.45, 7) is 0.332. The van der Waals surface area contributed by atoms with E-state index in [0.717, 1.165) is 6.20 Å². The third kappa shape index (κ3) is 2.52. The standard InChI is InChI=1S/C15H12FN5O4/c16-8-5-9(14(22)17-6-8)11-2-4-25-21(11)12-1-3-20-13(19-12)10(7-18-20)15(23)24/h1,3,5-7,11H,2,4H2,(H,17,22)(H,23,24). The number of carboxylic acid groups (broad SMARTS) is 1. The Morgan fingerprint density at radius 3 is 3.04 bits per heavy atom. The van der Waals surface area contributed by atoms with E-state index in [1.807, 2.05) is 0 Å². The van der Waals surface area contributed by atoms with Gasteiger partial charge >= 0.3 is 5.97 Å². The van der Waals surface area contributed by atoms with Gasteiger partial charge in [-0.3, -0.25) is 4.84 Å². The number of aromatic hydroxyl groups is 1. The third-order valence-corrected chi connectivity index (χ3v) is 3.94. The summed E-state index contributed by atoms with van der Waals surface area (Å²) in [5.41, 5.74) is 0.375. The lowest BCUT2D eigenvalue weighted by Crippen LogP contribution is -2.23. The molecule has 0 radical (unpaired) electrons. The van der Waals surface area contributed by atoms with Gasteiger partial charge in [-0.25, -0.2) is 28.7 Å². The number of hydrogen-bond acceptors (Lipinski definition) is 7. The Labute approximate surface area is 139 Å². The lowest BCUT2D eigenvalue weighted by atomic mass is 10.1. The second-order valence-electron chi connectivity index (χ2n) is 5.45. The molecule has 0 aliphatic carbocycles. The minimum atomic E-state index is -1.15. The van der Waals surface area contributed by atoms with Crippen LogP contribution < -0.4 is 5.06 Å². The quantitative estimate of drug-likeness (QED) is 0.735. The van der Waals surface area contributed by atoms with Gasteiger partial charge < -0.3 is 10.2 Å². The molecule has 3 aromatic heterocycles. The third-order valence-electron chi connectivity index (χ3n) is 3.94. The number of carboxylic acids is 1. The highest BCUT2D eigenvalue weighted by molar-refractivity contribution is 5.94. The van der Waals surface area contributed by atoms with Gasteiger partial charge in [0.2, 0.25) is 5.88 Å². The molecule has 128 valence electrons. The lowest BCUT2D eigenvalue weighted by Gasteiger charge is -2.24. The number of rotatable bonds is 3. The first-order chi connectivity index (χ1) is 12.0. The Balaban J connectivity index is 1.77. The van der Waals surface area contributed by atoms with Crippen LogP contribution in [0.5, 0.6) is 5.88 Å². The van der Waals surface area contributed by atoms with Crippen LogP contribution >= 0.6 is 0 Å². The number of pyridine rings is 1. The van der Waals surface area contributed by atoms with Gasteiger partial charge in [0.1, 0.15) is 11.4 Å². The summed E-state index contributed by atoms with van der Waals surface area (Å²) in [4.78, 5) is 24.7. The van der Waals surface area contributed by atoms with Gasteiger partial charge in [0.15, 0.2) is 11.5 Å². The van der Waals surface area contributed by atoms with Gasteiger partial charge in [-0.15, -0.1) is 0 Å². The molecule has 0 amide bonds. The molecular formula is C15H12FN5O4. The van der Waals surface area contributed by atoms with Crippen molar-refractivity contribution in [3.63, 3.8) is 0 Å². The summed E-state index contributed by atoms with van der Waals surface area (Å²) in [6.07, 6.45) is 4.16. The molecule has 0 spiro atoms. The van der Waals surface area contributed by atoms with Crippen molar-refractivity contribution < 1.29 is 24.2 Å². The molecule has 4 rings (SSSR count). The van der Waals surface area contributed by atoms with Crippen molar-refractivity contribution >= 4 is 17.4 Å². The van der Waals surface area contributed by atoms with Crippen LogP contribution in [0.25, 0.3) is 5.65 Å². The molecule has 0 saturated carbocycles. The monoisotopic (exact) mass is 345 g/mol. The summed E-state index contributed by atoms with van der Waals surface area (Å²) < 4.78 is 14.8. The zero-order valence-corrected chi connectivity index (χ0v) is 12.7. The predicted octanol–water partition coefficient (Wildman–Crippen LogP) is 1.55. The van der Waals surface area contributed by atoms with E-state index in [4.69, 9.17) is 4.84 Å². The Kier molecular flexibility index (Phi) is 3.46. The summed E-state index contributed by atoms with van der Waals surface area (Å²) in [6, 6.07) is 2.27. The first-order valence-corrected chi connectivity index (χ1v) is 7.39. The SMILES string of the molecule is O=C(O)c1cnn2ccc(N3OCCC3c3cc(F)cnc3O)nc12. The van der Waals surface area contributed by atoms with Crippen LogP contribution in [0, 0.1) is 5.82 Å². The number of hydrogen-bond donors (Lipinski definition) is 2. The van der Waals surface area contributed by atoms with Gasteiger partial charge in [0, 0.05) is 24.2 Å². The average molecular weight is 345 g/mol. The van der Waals surface area contributed by atoms with Crippen molar-refractivity contribution in [1.29, 1.82) is 0 Å². The van der Waals surface area contributed by atoms with Crippen molar-refractivity contribution in [1.82, 2.24) is 19.6 Å². The van der Waals surface area contributed by atoms with Crippen molar-refractivity contribution in [3.05, 3.63) is 47.7 Å². The van der Waals surface area contributed by atoms with E-state index in [0.29, 0.717) is 18.8 Å². The Morgan fingerprint density at radius 2 is 2.24 bits per heavy atom. The minimum Gasteiger partial charge on any atom is -0.493 e. The molecule has 10 heteroatoms. The van der Waals surface area contributed by atoms with E-state index >= 15 is 0 Å². The zero-order valence-electron chi connectivity index (χ0n) is 12.7. The van der Waals surface area contributed by atoms with Crippen molar-refractivity contribution in [2.45, 2.75) is 12.5 Å². The van der Waals surface area contributed by atoms with Crippen LogP contribution in [0.3, 0.4) is 0 Å². The van der Waals surface area contributed by atoms with Crippen LogP contribution in [0.15, 0.2) is 30.7 Å². The van der Waals surface area contributed by atoms with Gasteiger partial charge in [-0.05, 0) is 6.07 Å². The largest absolute Gasteiger partial charge is 0.493 e. The average Bonchev–Trinajstić information content (AvgIpc) is 3.22. The van der Waals surface area contributed by atoms with Crippen LogP contribution in [-0.4, -0.2) is 42.4 Å². The Morgan fingerprint density at radius 1 is 1.40 bits per heavy atom. The molecule has 0 bridgehead atoms. The van der Waals surface area contributed by atoms with E-state index < -0.39 is 17.8 Å². The normalized spacial score (nSPS) is 17.3. The molecule has 1 saturated heterocycles. The molecule has 9 nitrogen and oxygen atoms in total.